The second-order valence-electron chi connectivity index (χ2n) is 10.3. The van der Waals surface area contributed by atoms with E-state index in [1.807, 2.05) is 34.2 Å². The molecule has 3 aliphatic rings. The van der Waals surface area contributed by atoms with Crippen LogP contribution in [-0.2, 0) is 5.54 Å². The Morgan fingerprint density at radius 3 is 2.83 bits per heavy atom. The number of carbonyl (C=O) groups excluding carboxylic acids is 1. The number of amides is 2. The minimum Gasteiger partial charge on any atom is -0.391 e. The molecule has 188 valence electrons. The van der Waals surface area contributed by atoms with Crippen LogP contribution in [0.25, 0.3) is 22.3 Å². The van der Waals surface area contributed by atoms with Crippen molar-refractivity contribution in [3.05, 3.63) is 31.0 Å². The monoisotopic (exact) mass is 489 g/mol. The Bertz CT molecular complexity index is 1280. The molecule has 1 saturated heterocycles. The molecule has 2 aliphatic carbocycles. The number of aromatic nitrogens is 5. The number of piperazine rings is 1. The molecule has 1 aliphatic heterocycles. The molecule has 11 heteroatoms. The first-order valence-corrected chi connectivity index (χ1v) is 12.7. The van der Waals surface area contributed by atoms with E-state index in [0.717, 1.165) is 67.5 Å². The van der Waals surface area contributed by atoms with Gasteiger partial charge in [0.15, 0.2) is 0 Å². The van der Waals surface area contributed by atoms with Crippen molar-refractivity contribution < 1.29 is 9.90 Å². The van der Waals surface area contributed by atoms with Gasteiger partial charge in [0.2, 0.25) is 0 Å². The number of aliphatic hydroxyl groups excluding tert-OH is 1. The second kappa shape index (κ2) is 9.19. The standard InChI is InChI=1S/C25H31N9O2/c26-6-5-25(34-15-17(14-30-34)22-19-4-7-27-23(19)29-16-28-22)12-18(13-25)32-8-10-33(11-9-32)24(36)31-20-2-1-3-21(20)35/h4,7,14-16,18,20-21,35H,1-3,5,8-13H2,(H,31,36)(H,27,28,29)/t18-,20-,21-,25-/m0/s1. The van der Waals surface area contributed by atoms with Gasteiger partial charge in [-0.25, -0.2) is 14.8 Å². The molecule has 3 N–H and O–H groups in total. The molecule has 3 aromatic heterocycles. The summed E-state index contributed by atoms with van der Waals surface area (Å²) >= 11 is 0. The molecule has 2 atom stereocenters. The number of carbonyl (C=O) groups is 1. The highest BCUT2D eigenvalue weighted by atomic mass is 16.3. The summed E-state index contributed by atoms with van der Waals surface area (Å²) in [7, 11) is 0. The van der Waals surface area contributed by atoms with Gasteiger partial charge in [-0.1, -0.05) is 0 Å². The molecule has 0 spiro atoms. The fraction of sp³-hybridized carbons (Fsp3) is 0.560. The van der Waals surface area contributed by atoms with Gasteiger partial charge in [-0.15, -0.1) is 0 Å². The van der Waals surface area contributed by atoms with E-state index in [2.05, 4.69) is 36.3 Å². The number of nitrogens with one attached hydrogen (secondary N) is 2. The van der Waals surface area contributed by atoms with E-state index >= 15 is 0 Å². The summed E-state index contributed by atoms with van der Waals surface area (Å²) in [5, 5.41) is 28.2. The fourth-order valence-electron chi connectivity index (χ4n) is 6.09. The van der Waals surface area contributed by atoms with E-state index in [9.17, 15) is 15.2 Å². The number of urea groups is 1. The Labute approximate surface area is 209 Å². The van der Waals surface area contributed by atoms with Gasteiger partial charge in [0.05, 0.1) is 42.1 Å². The summed E-state index contributed by atoms with van der Waals surface area (Å²) in [5.74, 6) is 0. The SMILES string of the molecule is N#CC[C@]1(n2cc(-c3ncnc4[nH]ccc34)cn2)C[C@H](N2CCN(C(=O)N[C@H]3CCC[C@@H]3O)CC2)C1. The summed E-state index contributed by atoms with van der Waals surface area (Å²) < 4.78 is 1.96. The molecule has 0 radical (unpaired) electrons. The smallest absolute Gasteiger partial charge is 0.317 e. The zero-order valence-corrected chi connectivity index (χ0v) is 20.2. The molecule has 4 heterocycles. The predicted molar refractivity (Wildman–Crippen MR) is 132 cm³/mol. The van der Waals surface area contributed by atoms with Crippen LogP contribution in [0.1, 0.15) is 38.5 Å². The fourth-order valence-corrected chi connectivity index (χ4v) is 6.09. The molecule has 2 amide bonds. The second-order valence-corrected chi connectivity index (χ2v) is 10.3. The lowest BCUT2D eigenvalue weighted by Gasteiger charge is -2.52. The highest BCUT2D eigenvalue weighted by Crippen LogP contribution is 2.45. The minimum absolute atomic E-state index is 0.0710. The number of H-pyrrole nitrogens is 1. The maximum absolute atomic E-state index is 12.6. The molecule has 11 nitrogen and oxygen atoms in total. The van der Waals surface area contributed by atoms with Gasteiger partial charge in [0, 0.05) is 55.6 Å². The highest BCUT2D eigenvalue weighted by Gasteiger charge is 2.49. The molecule has 3 fully saturated rings. The van der Waals surface area contributed by atoms with E-state index in [0.29, 0.717) is 25.6 Å². The summed E-state index contributed by atoms with van der Waals surface area (Å²) in [5.41, 5.74) is 2.20. The summed E-state index contributed by atoms with van der Waals surface area (Å²) in [6.45, 7) is 2.96. The van der Waals surface area contributed by atoms with Crippen molar-refractivity contribution in [2.24, 2.45) is 0 Å². The normalized spacial score (nSPS) is 28.7. The van der Waals surface area contributed by atoms with E-state index in [-0.39, 0.29) is 17.6 Å². The average molecular weight is 490 g/mol. The Kier molecular flexibility index (Phi) is 5.85. The minimum atomic E-state index is -0.426. The quantitative estimate of drug-likeness (QED) is 0.497. The number of hydrogen-bond acceptors (Lipinski definition) is 7. The number of aliphatic hydroxyl groups is 1. The van der Waals surface area contributed by atoms with Crippen LogP contribution in [0.3, 0.4) is 0 Å². The molecule has 0 aromatic carbocycles. The number of rotatable bonds is 5. The lowest BCUT2D eigenvalue weighted by molar-refractivity contribution is -0.0132. The lowest BCUT2D eigenvalue weighted by Crippen LogP contribution is -2.61. The van der Waals surface area contributed by atoms with Crippen LogP contribution in [0, 0.1) is 11.3 Å². The van der Waals surface area contributed by atoms with Gasteiger partial charge < -0.3 is 20.3 Å². The van der Waals surface area contributed by atoms with Gasteiger partial charge in [0.25, 0.3) is 0 Å². The number of nitriles is 1. The molecule has 0 unspecified atom stereocenters. The number of nitrogens with zero attached hydrogens (tertiary/aromatic N) is 7. The maximum atomic E-state index is 12.6. The number of aromatic amines is 1. The lowest BCUT2D eigenvalue weighted by atomic mass is 9.70. The van der Waals surface area contributed by atoms with E-state index < -0.39 is 6.10 Å². The van der Waals surface area contributed by atoms with Crippen LogP contribution < -0.4 is 5.32 Å². The molecular weight excluding hydrogens is 458 g/mol. The maximum Gasteiger partial charge on any atom is 0.317 e. The topological polar surface area (TPSA) is 139 Å². The van der Waals surface area contributed by atoms with Crippen molar-refractivity contribution in [2.75, 3.05) is 26.2 Å². The Morgan fingerprint density at radius 2 is 2.08 bits per heavy atom. The van der Waals surface area contributed by atoms with Gasteiger partial charge >= 0.3 is 6.03 Å². The highest BCUT2D eigenvalue weighted by molar-refractivity contribution is 5.90. The largest absolute Gasteiger partial charge is 0.391 e. The Hall–Kier alpha value is -3.49. The van der Waals surface area contributed by atoms with Crippen molar-refractivity contribution in [1.82, 2.24) is 39.8 Å². The van der Waals surface area contributed by atoms with Gasteiger partial charge in [-0.2, -0.15) is 10.4 Å². The zero-order chi connectivity index (χ0) is 24.7. The third kappa shape index (κ3) is 4.00. The Morgan fingerprint density at radius 1 is 1.25 bits per heavy atom. The molecular formula is C25H31N9O2. The van der Waals surface area contributed by atoms with E-state index in [1.54, 1.807) is 6.33 Å². The zero-order valence-electron chi connectivity index (χ0n) is 20.2. The van der Waals surface area contributed by atoms with E-state index in [4.69, 9.17) is 0 Å². The number of fused-ring (bicyclic) bond motifs is 1. The van der Waals surface area contributed by atoms with Crippen molar-refractivity contribution in [2.45, 2.75) is 62.3 Å². The first kappa shape index (κ1) is 22.9. The van der Waals surface area contributed by atoms with Crippen LogP contribution >= 0.6 is 0 Å². The van der Waals surface area contributed by atoms with Crippen LogP contribution in [-0.4, -0.2) is 90.0 Å². The summed E-state index contributed by atoms with van der Waals surface area (Å²) in [4.78, 5) is 28.8. The predicted octanol–water partition coefficient (Wildman–Crippen LogP) is 1.83. The van der Waals surface area contributed by atoms with Crippen LogP contribution in [0.15, 0.2) is 31.0 Å². The third-order valence-corrected chi connectivity index (χ3v) is 8.24. The van der Waals surface area contributed by atoms with Gasteiger partial charge in [0.1, 0.15) is 12.0 Å². The van der Waals surface area contributed by atoms with Crippen LogP contribution in [0.5, 0.6) is 0 Å². The van der Waals surface area contributed by atoms with Gasteiger partial charge in [-0.3, -0.25) is 9.58 Å². The average Bonchev–Trinajstić information content (AvgIpc) is 3.63. The summed E-state index contributed by atoms with van der Waals surface area (Å²) in [6.07, 6.45) is 11.5. The van der Waals surface area contributed by atoms with Crippen molar-refractivity contribution >= 4 is 17.1 Å². The molecule has 0 bridgehead atoms. The first-order valence-electron chi connectivity index (χ1n) is 12.7. The first-order chi connectivity index (χ1) is 17.6. The molecule has 2 saturated carbocycles. The Balaban J connectivity index is 1.09. The molecule has 3 aromatic rings. The third-order valence-electron chi connectivity index (χ3n) is 8.24. The van der Waals surface area contributed by atoms with Gasteiger partial charge in [-0.05, 0) is 38.2 Å². The van der Waals surface area contributed by atoms with Crippen LogP contribution in [0.2, 0.25) is 0 Å². The van der Waals surface area contributed by atoms with Crippen LogP contribution in [0.4, 0.5) is 4.79 Å². The van der Waals surface area contributed by atoms with Crippen molar-refractivity contribution in [3.63, 3.8) is 0 Å². The van der Waals surface area contributed by atoms with Crippen molar-refractivity contribution in [1.29, 1.82) is 5.26 Å². The summed E-state index contributed by atoms with van der Waals surface area (Å²) in [6, 6.07) is 4.51. The van der Waals surface area contributed by atoms with E-state index in [1.165, 1.54) is 0 Å². The van der Waals surface area contributed by atoms with Crippen molar-refractivity contribution in [3.8, 4) is 17.3 Å². The molecule has 6 rings (SSSR count). The molecule has 36 heavy (non-hydrogen) atoms. The number of hydrogen-bond donors (Lipinski definition) is 3.